The van der Waals surface area contributed by atoms with Crippen LogP contribution in [0.4, 0.5) is 10.5 Å². The van der Waals surface area contributed by atoms with Crippen LogP contribution in [0.25, 0.3) is 0 Å². The molecular weight excluding hydrogens is 1360 g/mol. The van der Waals surface area contributed by atoms with Gasteiger partial charge < -0.3 is 72.4 Å². The van der Waals surface area contributed by atoms with E-state index in [1.807, 2.05) is 77.0 Å². The molecule has 107 heavy (non-hydrogen) atoms. The molecule has 2 aromatic rings. The van der Waals surface area contributed by atoms with E-state index in [0.29, 0.717) is 69.3 Å². The maximum absolute atomic E-state index is 14.8. The maximum atomic E-state index is 14.8. The first-order chi connectivity index (χ1) is 50.8. The molecule has 1 saturated heterocycles. The number of nitrogens with zero attached hydrogens (tertiary/aromatic N) is 5. The van der Waals surface area contributed by atoms with Crippen LogP contribution in [-0.4, -0.2) is 207 Å². The number of rotatable bonds is 46. The third-order valence-corrected chi connectivity index (χ3v) is 21.3. The molecule has 2 aliphatic rings. The molecule has 0 bridgehead atoms. The summed E-state index contributed by atoms with van der Waals surface area (Å²) in [7, 11) is 8.52. The van der Waals surface area contributed by atoms with Crippen molar-refractivity contribution in [1.82, 2.24) is 56.8 Å². The number of likely N-dealkylation sites (tertiary alicyclic amines) is 1. The number of anilines is 1. The predicted octanol–water partition coefficient (Wildman–Crippen LogP) is 7.25. The number of hydrogen-bond acceptors (Lipinski definition) is 15. The molecule has 0 aromatic heterocycles. The van der Waals surface area contributed by atoms with Crippen LogP contribution in [0.1, 0.15) is 203 Å². The number of ether oxygens (including phenoxy) is 2. The number of likely N-dealkylation sites (N-methyl/N-ethyl adjacent to an activating group) is 2. The van der Waals surface area contributed by atoms with Crippen LogP contribution in [0, 0.1) is 46.3 Å². The average Bonchev–Trinajstić information content (AvgIpc) is 1.80. The van der Waals surface area contributed by atoms with E-state index in [2.05, 4.69) is 76.3 Å². The molecule has 12 amide bonds. The molecule has 4 rings (SSSR count). The molecule has 11 atom stereocenters. The molecule has 0 spiro atoms. The number of nitrogens with two attached hydrogens (primary N) is 1. The van der Waals surface area contributed by atoms with Crippen molar-refractivity contribution in [1.29, 1.82) is 5.26 Å². The highest BCUT2D eigenvalue weighted by Gasteiger charge is 2.45. The number of benzene rings is 2. The van der Waals surface area contributed by atoms with Gasteiger partial charge in [-0.1, -0.05) is 144 Å². The molecule has 2 aromatic carbocycles. The van der Waals surface area contributed by atoms with Gasteiger partial charge in [-0.05, 0) is 125 Å². The predicted molar refractivity (Wildman–Crippen MR) is 413 cm³/mol. The Kier molecular flexibility index (Phi) is 39.4. The molecule has 1 aliphatic heterocycles. The van der Waals surface area contributed by atoms with Crippen molar-refractivity contribution < 1.29 is 62.2 Å². The van der Waals surface area contributed by atoms with Gasteiger partial charge in [-0.2, -0.15) is 5.26 Å². The monoisotopic (exact) mass is 1490 g/mol. The average molecular weight is 1500 g/mol. The summed E-state index contributed by atoms with van der Waals surface area (Å²) in [6.07, 6.45) is 7.40. The van der Waals surface area contributed by atoms with Gasteiger partial charge in [0.1, 0.15) is 24.2 Å². The van der Waals surface area contributed by atoms with E-state index in [-0.39, 0.29) is 123 Å². The Labute approximate surface area is 636 Å². The van der Waals surface area contributed by atoms with Gasteiger partial charge in [0.25, 0.3) is 0 Å². The lowest BCUT2D eigenvalue weighted by Crippen LogP contribution is -2.60. The Morgan fingerprint density at radius 1 is 0.682 bits per heavy atom. The van der Waals surface area contributed by atoms with Gasteiger partial charge in [0.05, 0.1) is 55.2 Å². The van der Waals surface area contributed by atoms with Crippen molar-refractivity contribution in [3.8, 4) is 6.07 Å². The van der Waals surface area contributed by atoms with E-state index in [4.69, 9.17) is 15.2 Å². The summed E-state index contributed by atoms with van der Waals surface area (Å²) in [6, 6.07) is 11.3. The lowest BCUT2D eigenvalue weighted by molar-refractivity contribution is -0.148. The number of nitriles is 1. The molecule has 1 saturated carbocycles. The highest BCUT2D eigenvalue weighted by Crippen LogP contribution is 2.34. The lowest BCUT2D eigenvalue weighted by Gasteiger charge is -2.42. The van der Waals surface area contributed by atoms with Crippen molar-refractivity contribution in [2.45, 2.75) is 265 Å². The van der Waals surface area contributed by atoms with E-state index in [1.54, 1.807) is 66.8 Å². The Bertz CT molecular complexity index is 3210. The zero-order chi connectivity index (χ0) is 79.7. The second-order valence-corrected chi connectivity index (χ2v) is 30.9. The number of amides is 12. The van der Waals surface area contributed by atoms with E-state index >= 15 is 0 Å². The number of nitrogens with one attached hydrogen (secondary N) is 8. The van der Waals surface area contributed by atoms with E-state index in [0.717, 1.165) is 37.7 Å². The van der Waals surface area contributed by atoms with Crippen LogP contribution < -0.4 is 48.3 Å². The van der Waals surface area contributed by atoms with Gasteiger partial charge in [-0.25, -0.2) is 4.79 Å². The second kappa shape index (κ2) is 46.2. The number of carbonyl (C=O) groups excluding carboxylic acids is 11. The number of primary amides is 1. The van der Waals surface area contributed by atoms with E-state index in [1.165, 1.54) is 14.2 Å². The zero-order valence-electron chi connectivity index (χ0n) is 66.9. The number of urea groups is 1. The van der Waals surface area contributed by atoms with Crippen LogP contribution in [0.5, 0.6) is 0 Å². The van der Waals surface area contributed by atoms with Gasteiger partial charge in [0, 0.05) is 90.9 Å². The fourth-order valence-corrected chi connectivity index (χ4v) is 15.0. The summed E-state index contributed by atoms with van der Waals surface area (Å²) in [6.45, 7) is 22.7. The normalized spacial score (nSPS) is 18.0. The minimum absolute atomic E-state index is 0.0127. The third kappa shape index (κ3) is 28.7. The number of carbonyl (C=O) groups is 11. The Hall–Kier alpha value is -8.22. The van der Waals surface area contributed by atoms with Crippen molar-refractivity contribution in [3.05, 3.63) is 65.7 Å². The topological polar surface area (TPSA) is 365 Å². The van der Waals surface area contributed by atoms with Gasteiger partial charge >= 0.3 is 6.03 Å². The van der Waals surface area contributed by atoms with Crippen LogP contribution in [0.2, 0.25) is 0 Å². The van der Waals surface area contributed by atoms with Crippen molar-refractivity contribution >= 4 is 70.8 Å². The van der Waals surface area contributed by atoms with Crippen molar-refractivity contribution in [3.63, 3.8) is 0 Å². The smallest absolute Gasteiger partial charge is 0.312 e. The Balaban J connectivity index is 1.44. The first-order valence-electron chi connectivity index (χ1n) is 39.0. The molecule has 10 N–H and O–H groups in total. The summed E-state index contributed by atoms with van der Waals surface area (Å²) >= 11 is 0. The molecule has 598 valence electrons. The standard InChI is InChI=1S/C80H130N14O13/c1-17-20-42-80(10,11)71(91(12)13)77(103)90-68(52(6)7)78(104)92(14)69(53(8)19-3)63(106-15)49-66(97)94-46-26-31-62(94)70(107-16)54(9)72(98)88-61(48-55-28-23-22-24-29-55)74(100)85-50-56-32-36-58(37-33-56)86-75(101)60(30-25-45-84-79(82)105)87-76(102)67(51(4)5)89-64(95)40-41-65(96)93(47-27-43-81)59-38-34-57(35-39-59)73(99)83-44-21-18-2/h22-24,28-29,32-33,36-37,51-54,57,59-63,67-71H,17-21,25-27,30-31,34-35,38-42,44-50H2,1-16H3,(H,83,99)(H,85,100)(H,86,101)(H,87,102)(H,88,98)(H,89,95)(H,90,103)(H3,82,84,105)/t53-,54+,57?,59?,60-,61-,62-,63+,67-,68-,69-,70+,71+/m0/s1. The fraction of sp³-hybridized carbons (Fsp3) is 0.700. The molecular formula is C80H130N14O13. The first-order valence-corrected chi connectivity index (χ1v) is 39.0. The lowest BCUT2D eigenvalue weighted by atomic mass is 9.78. The summed E-state index contributed by atoms with van der Waals surface area (Å²) in [5.74, 6) is -5.61. The van der Waals surface area contributed by atoms with Crippen LogP contribution in [0.15, 0.2) is 54.6 Å². The van der Waals surface area contributed by atoms with Gasteiger partial charge in [-0.15, -0.1) is 0 Å². The maximum Gasteiger partial charge on any atom is 0.312 e. The zero-order valence-corrected chi connectivity index (χ0v) is 66.9. The van der Waals surface area contributed by atoms with Gasteiger partial charge in [0.15, 0.2) is 0 Å². The highest BCUT2D eigenvalue weighted by molar-refractivity contribution is 5.99. The summed E-state index contributed by atoms with van der Waals surface area (Å²) in [5.41, 5.74) is 6.72. The first kappa shape index (κ1) is 91.2. The third-order valence-electron chi connectivity index (χ3n) is 21.3. The summed E-state index contributed by atoms with van der Waals surface area (Å²) < 4.78 is 12.3. The Morgan fingerprint density at radius 2 is 1.32 bits per heavy atom. The van der Waals surface area contributed by atoms with E-state index < -0.39 is 102 Å². The molecule has 1 heterocycles. The minimum Gasteiger partial charge on any atom is -0.379 e. The van der Waals surface area contributed by atoms with Crippen molar-refractivity contribution in [2.75, 3.05) is 66.9 Å². The molecule has 1 aliphatic carbocycles. The molecule has 27 nitrogen and oxygen atoms in total. The number of hydrogen-bond donors (Lipinski definition) is 9. The van der Waals surface area contributed by atoms with Crippen LogP contribution >= 0.6 is 0 Å². The molecule has 27 heteroatoms. The van der Waals surface area contributed by atoms with Gasteiger partial charge in [0.2, 0.25) is 59.1 Å². The summed E-state index contributed by atoms with van der Waals surface area (Å²) in [4.78, 5) is 159. The minimum atomic E-state index is -1.16. The van der Waals surface area contributed by atoms with Crippen molar-refractivity contribution in [2.24, 2.45) is 40.7 Å². The highest BCUT2D eigenvalue weighted by atomic mass is 16.5. The molecule has 0 radical (unpaired) electrons. The van der Waals surface area contributed by atoms with Gasteiger partial charge in [-0.3, -0.25) is 52.8 Å². The summed E-state index contributed by atoms with van der Waals surface area (Å²) in [5, 5.41) is 32.4. The number of unbranched alkanes of at least 4 members (excludes halogenated alkanes) is 2. The Morgan fingerprint density at radius 3 is 1.90 bits per heavy atom. The SMILES string of the molecule is CCCCNC(=O)C1CCC(N(CCC#N)C(=O)CCC(=O)N[C@H](C(=O)N[C@@H](CCCNC(N)=O)C(=O)Nc2ccc(CNC(=O)[C@H](Cc3ccccc3)NC(=O)[C@H](C)[C@@H](OC)[C@@H]3CCCN3C(=O)C[C@@H](OC)[C@H]([C@@H](C)CC)N(C)C(=O)[C@@H](NC(=O)[C@@H](N(C)C)C(C)(C)CCCC)C(C)C)cc2)C(C)C)CC1. The second-order valence-electron chi connectivity index (χ2n) is 30.9. The number of methoxy groups -OCH3 is 2. The largest absolute Gasteiger partial charge is 0.379 e. The molecule has 2 fully saturated rings. The quantitative estimate of drug-likeness (QED) is 0.0295. The van der Waals surface area contributed by atoms with Crippen LogP contribution in [-0.2, 0) is 70.4 Å². The van der Waals surface area contributed by atoms with Crippen LogP contribution in [0.3, 0.4) is 0 Å². The molecule has 0 unspecified atom stereocenters. The fourth-order valence-electron chi connectivity index (χ4n) is 15.0. The van der Waals surface area contributed by atoms with E-state index in [9.17, 15) is 58.0 Å².